The van der Waals surface area contributed by atoms with Crippen LogP contribution in [0.1, 0.15) is 5.89 Å². The van der Waals surface area contributed by atoms with Gasteiger partial charge in [-0.25, -0.2) is 13.1 Å². The van der Waals surface area contributed by atoms with Crippen molar-refractivity contribution in [2.45, 2.75) is 11.3 Å². The van der Waals surface area contributed by atoms with Crippen molar-refractivity contribution in [3.05, 3.63) is 40.5 Å². The van der Waals surface area contributed by atoms with Crippen LogP contribution in [0, 0.1) is 10.1 Å². The third-order valence-corrected chi connectivity index (χ3v) is 4.03. The highest BCUT2D eigenvalue weighted by molar-refractivity contribution is 7.89. The van der Waals surface area contributed by atoms with Gasteiger partial charge in [0, 0.05) is 13.0 Å². The molecular formula is C10H11N5O5S. The number of nitro groups is 1. The van der Waals surface area contributed by atoms with Crippen molar-refractivity contribution in [1.82, 2.24) is 14.9 Å². The summed E-state index contributed by atoms with van der Waals surface area (Å²) in [7, 11) is -4.07. The minimum atomic E-state index is -4.07. The summed E-state index contributed by atoms with van der Waals surface area (Å²) >= 11 is 0. The molecule has 1 heterocycles. The Hall–Kier alpha value is -2.53. The first-order valence-corrected chi connectivity index (χ1v) is 7.18. The zero-order valence-electron chi connectivity index (χ0n) is 10.6. The molecule has 11 heteroatoms. The number of nitro benzene ring substituents is 1. The zero-order chi connectivity index (χ0) is 15.5. The van der Waals surface area contributed by atoms with Gasteiger partial charge in [0.1, 0.15) is 5.69 Å². The van der Waals surface area contributed by atoms with Crippen molar-refractivity contribution in [3.63, 3.8) is 0 Å². The van der Waals surface area contributed by atoms with E-state index in [2.05, 4.69) is 14.9 Å². The monoisotopic (exact) mass is 313 g/mol. The van der Waals surface area contributed by atoms with Gasteiger partial charge < -0.3 is 10.3 Å². The van der Waals surface area contributed by atoms with E-state index in [0.717, 1.165) is 6.07 Å². The van der Waals surface area contributed by atoms with Crippen LogP contribution in [0.5, 0.6) is 0 Å². The normalized spacial score (nSPS) is 11.4. The third kappa shape index (κ3) is 3.32. The molecule has 2 aromatic rings. The largest absolute Gasteiger partial charge is 0.393 e. The smallest absolute Gasteiger partial charge is 0.312 e. The molecule has 1 aromatic carbocycles. The molecule has 112 valence electrons. The quantitative estimate of drug-likeness (QED) is 0.431. The lowest BCUT2D eigenvalue weighted by Crippen LogP contribution is -2.27. The van der Waals surface area contributed by atoms with Crippen molar-refractivity contribution in [2.24, 2.45) is 0 Å². The molecule has 0 aliphatic rings. The number of nitrogens with one attached hydrogen (secondary N) is 1. The number of nitrogen functional groups attached to an aromatic ring is 1. The summed E-state index contributed by atoms with van der Waals surface area (Å²) in [6, 6.07) is 3.70. The standard InChI is InChI=1S/C10H11N5O5S/c11-7-2-1-3-8(10(7)15(16)17)21(18,19)14-5-4-9-12-6-13-20-9/h1-3,6,14H,4-5,11H2. The highest BCUT2D eigenvalue weighted by Gasteiger charge is 2.27. The Morgan fingerprint density at radius 3 is 2.81 bits per heavy atom. The minimum absolute atomic E-state index is 0.0452. The number of sulfonamides is 1. The van der Waals surface area contributed by atoms with Gasteiger partial charge in [-0.15, -0.1) is 0 Å². The number of anilines is 1. The first kappa shape index (κ1) is 14.9. The van der Waals surface area contributed by atoms with Crippen LogP contribution >= 0.6 is 0 Å². The van der Waals surface area contributed by atoms with Crippen molar-refractivity contribution in [3.8, 4) is 0 Å². The Balaban J connectivity index is 2.20. The number of nitrogens with two attached hydrogens (primary N) is 1. The molecular weight excluding hydrogens is 302 g/mol. The fourth-order valence-electron chi connectivity index (χ4n) is 1.63. The van der Waals surface area contributed by atoms with Gasteiger partial charge >= 0.3 is 5.69 Å². The summed E-state index contributed by atoms with van der Waals surface area (Å²) in [6.45, 7) is -0.0452. The lowest BCUT2D eigenvalue weighted by Gasteiger charge is -2.07. The number of hydrogen-bond donors (Lipinski definition) is 2. The first-order valence-electron chi connectivity index (χ1n) is 5.70. The van der Waals surface area contributed by atoms with Crippen molar-refractivity contribution in [1.29, 1.82) is 0 Å². The van der Waals surface area contributed by atoms with Gasteiger partial charge in [-0.05, 0) is 12.1 Å². The molecule has 0 fully saturated rings. The molecule has 3 N–H and O–H groups in total. The molecule has 0 saturated heterocycles. The summed E-state index contributed by atoms with van der Waals surface area (Å²) < 4.78 is 31.1. The Labute approximate surface area is 119 Å². The van der Waals surface area contributed by atoms with Crippen LogP contribution < -0.4 is 10.5 Å². The summed E-state index contributed by atoms with van der Waals surface area (Å²) in [5, 5.41) is 14.3. The molecule has 1 aromatic heterocycles. The number of para-hydroxylation sites is 1. The van der Waals surface area contributed by atoms with Gasteiger partial charge in [0.25, 0.3) is 0 Å². The molecule has 0 unspecified atom stereocenters. The highest BCUT2D eigenvalue weighted by atomic mass is 32.2. The van der Waals surface area contributed by atoms with Crippen LogP contribution in [0.4, 0.5) is 11.4 Å². The molecule has 0 aliphatic carbocycles. The van der Waals surface area contributed by atoms with Gasteiger partial charge in [0.2, 0.25) is 15.9 Å². The van der Waals surface area contributed by atoms with E-state index in [4.69, 9.17) is 10.3 Å². The number of hydrogen-bond acceptors (Lipinski definition) is 8. The molecule has 2 rings (SSSR count). The number of rotatable bonds is 6. The van der Waals surface area contributed by atoms with E-state index in [0.29, 0.717) is 0 Å². The summed E-state index contributed by atoms with van der Waals surface area (Å²) in [6.07, 6.45) is 1.35. The molecule has 0 saturated carbocycles. The molecule has 0 aliphatic heterocycles. The Morgan fingerprint density at radius 2 is 2.19 bits per heavy atom. The number of aromatic nitrogens is 2. The van der Waals surface area contributed by atoms with Crippen molar-refractivity contribution < 1.29 is 17.9 Å². The highest BCUT2D eigenvalue weighted by Crippen LogP contribution is 2.29. The molecule has 0 bridgehead atoms. The lowest BCUT2D eigenvalue weighted by molar-refractivity contribution is -0.386. The van der Waals surface area contributed by atoms with Crippen LogP contribution in [-0.2, 0) is 16.4 Å². The fourth-order valence-corrected chi connectivity index (χ4v) is 2.86. The molecule has 10 nitrogen and oxygen atoms in total. The van der Waals surface area contributed by atoms with Gasteiger partial charge in [0.15, 0.2) is 11.2 Å². The summed E-state index contributed by atoms with van der Waals surface area (Å²) in [5.74, 6) is 0.250. The van der Waals surface area contributed by atoms with Gasteiger partial charge in [-0.2, -0.15) is 4.98 Å². The van der Waals surface area contributed by atoms with Crippen molar-refractivity contribution in [2.75, 3.05) is 12.3 Å². The first-order chi connectivity index (χ1) is 9.92. The second-order valence-corrected chi connectivity index (χ2v) is 5.67. The van der Waals surface area contributed by atoms with E-state index in [1.54, 1.807) is 0 Å². The number of nitrogens with zero attached hydrogens (tertiary/aromatic N) is 3. The average molecular weight is 313 g/mol. The topological polar surface area (TPSA) is 154 Å². The third-order valence-electron chi connectivity index (χ3n) is 2.54. The summed E-state index contributed by atoms with van der Waals surface area (Å²) in [4.78, 5) is 13.4. The van der Waals surface area contributed by atoms with E-state index in [1.165, 1.54) is 18.5 Å². The van der Waals surface area contributed by atoms with Crippen LogP contribution in [0.15, 0.2) is 33.9 Å². The fraction of sp³-hybridized carbons (Fsp3) is 0.200. The van der Waals surface area contributed by atoms with E-state index < -0.39 is 25.5 Å². The second-order valence-electron chi connectivity index (χ2n) is 3.93. The maximum atomic E-state index is 12.1. The Morgan fingerprint density at radius 1 is 1.43 bits per heavy atom. The van der Waals surface area contributed by atoms with Gasteiger partial charge in [-0.1, -0.05) is 11.2 Å². The maximum Gasteiger partial charge on any atom is 0.312 e. The predicted molar refractivity (Wildman–Crippen MR) is 70.7 cm³/mol. The van der Waals surface area contributed by atoms with E-state index in [1.807, 2.05) is 0 Å². The predicted octanol–water partition coefficient (Wildman–Crippen LogP) is 0.0810. The zero-order valence-corrected chi connectivity index (χ0v) is 11.4. The van der Waals surface area contributed by atoms with Crippen LogP contribution in [-0.4, -0.2) is 30.0 Å². The molecule has 0 spiro atoms. The maximum absolute atomic E-state index is 12.1. The SMILES string of the molecule is Nc1cccc(S(=O)(=O)NCCc2ncno2)c1[N+](=O)[O-]. The van der Waals surface area contributed by atoms with Gasteiger partial charge in [-0.3, -0.25) is 10.1 Å². The minimum Gasteiger partial charge on any atom is -0.393 e. The Bertz CT molecular complexity index is 743. The summed E-state index contributed by atoms with van der Waals surface area (Å²) in [5.41, 5.74) is 4.59. The average Bonchev–Trinajstić information content (AvgIpc) is 2.91. The number of benzene rings is 1. The van der Waals surface area contributed by atoms with Crippen LogP contribution in [0.2, 0.25) is 0 Å². The lowest BCUT2D eigenvalue weighted by atomic mass is 10.3. The molecule has 0 amide bonds. The van der Waals surface area contributed by atoms with E-state index >= 15 is 0 Å². The molecule has 0 atom stereocenters. The molecule has 0 radical (unpaired) electrons. The second kappa shape index (κ2) is 5.85. The van der Waals surface area contributed by atoms with Crippen molar-refractivity contribution >= 4 is 21.4 Å². The van der Waals surface area contributed by atoms with Gasteiger partial charge in [0.05, 0.1) is 4.92 Å². The van der Waals surface area contributed by atoms with Crippen LogP contribution in [0.25, 0.3) is 0 Å². The van der Waals surface area contributed by atoms with E-state index in [-0.39, 0.29) is 24.5 Å². The molecule has 21 heavy (non-hydrogen) atoms. The van der Waals surface area contributed by atoms with E-state index in [9.17, 15) is 18.5 Å². The Kier molecular flexibility index (Phi) is 4.14. The van der Waals surface area contributed by atoms with Crippen LogP contribution in [0.3, 0.4) is 0 Å².